The van der Waals surface area contributed by atoms with E-state index in [1.165, 1.54) is 0 Å². The van der Waals surface area contributed by atoms with Gasteiger partial charge in [0, 0.05) is 23.6 Å². The molecule has 0 saturated heterocycles. The number of hydrogen-bond donors (Lipinski definition) is 2. The van der Waals surface area contributed by atoms with Crippen LogP contribution in [0.1, 0.15) is 24.5 Å². The van der Waals surface area contributed by atoms with Gasteiger partial charge in [-0.15, -0.1) is 0 Å². The largest absolute Gasteiger partial charge is 0.494 e. The van der Waals surface area contributed by atoms with Gasteiger partial charge in [0.25, 0.3) is 0 Å². The molecule has 0 fully saturated rings. The minimum absolute atomic E-state index is 0.0631. The molecule has 0 amide bonds. The van der Waals surface area contributed by atoms with Crippen LogP contribution in [-0.2, 0) is 6.18 Å². The molecule has 3 aromatic rings. The van der Waals surface area contributed by atoms with E-state index < -0.39 is 11.7 Å². The van der Waals surface area contributed by atoms with Gasteiger partial charge < -0.3 is 15.4 Å². The third-order valence-corrected chi connectivity index (χ3v) is 4.06. The Bertz CT molecular complexity index is 976. The molecule has 1 aromatic heterocycles. The average molecular weight is 402 g/mol. The lowest BCUT2D eigenvalue weighted by atomic mass is 10.2. The highest BCUT2D eigenvalue weighted by Crippen LogP contribution is 2.35. The van der Waals surface area contributed by atoms with Crippen LogP contribution in [0.15, 0.2) is 54.7 Å². The summed E-state index contributed by atoms with van der Waals surface area (Å²) >= 11 is 0. The van der Waals surface area contributed by atoms with Gasteiger partial charge in [-0.1, -0.05) is 31.2 Å². The van der Waals surface area contributed by atoms with E-state index >= 15 is 0 Å². The van der Waals surface area contributed by atoms with Crippen LogP contribution in [0, 0.1) is 6.92 Å². The predicted octanol–water partition coefficient (Wildman–Crippen LogP) is 6.08. The van der Waals surface area contributed by atoms with Crippen molar-refractivity contribution in [3.8, 4) is 5.75 Å². The number of alkyl halides is 3. The lowest BCUT2D eigenvalue weighted by Gasteiger charge is -2.16. The normalized spacial score (nSPS) is 11.2. The zero-order valence-electron chi connectivity index (χ0n) is 16.0. The van der Waals surface area contributed by atoms with Crippen molar-refractivity contribution in [2.24, 2.45) is 0 Å². The maximum absolute atomic E-state index is 13.5. The van der Waals surface area contributed by atoms with Gasteiger partial charge in [0.05, 0.1) is 6.61 Å². The summed E-state index contributed by atoms with van der Waals surface area (Å²) in [7, 11) is 0. The van der Waals surface area contributed by atoms with E-state index in [2.05, 4.69) is 20.6 Å². The number of aryl methyl sites for hydroxylation is 1. The van der Waals surface area contributed by atoms with Crippen LogP contribution >= 0.6 is 0 Å². The first-order valence-electron chi connectivity index (χ1n) is 9.13. The number of aromatic nitrogens is 2. The van der Waals surface area contributed by atoms with E-state index in [-0.39, 0.29) is 11.8 Å². The maximum atomic E-state index is 13.5. The van der Waals surface area contributed by atoms with Crippen molar-refractivity contribution in [2.45, 2.75) is 26.4 Å². The Kier molecular flexibility index (Phi) is 6.21. The number of nitrogens with one attached hydrogen (secondary N) is 2. The molecular formula is C21H21F3N4O. The Morgan fingerprint density at radius 2 is 1.83 bits per heavy atom. The molecule has 29 heavy (non-hydrogen) atoms. The molecule has 0 aliphatic rings. The first-order valence-corrected chi connectivity index (χ1v) is 9.13. The molecule has 1 heterocycles. The van der Waals surface area contributed by atoms with E-state index in [1.54, 1.807) is 30.3 Å². The number of ether oxygens (including phenoxy) is 1. The quantitative estimate of drug-likeness (QED) is 0.502. The van der Waals surface area contributed by atoms with Crippen molar-refractivity contribution in [2.75, 3.05) is 17.2 Å². The van der Waals surface area contributed by atoms with Crippen molar-refractivity contribution in [1.82, 2.24) is 9.97 Å². The van der Waals surface area contributed by atoms with Gasteiger partial charge in [-0.2, -0.15) is 18.2 Å². The minimum Gasteiger partial charge on any atom is -0.494 e. The molecule has 0 aliphatic carbocycles. The summed E-state index contributed by atoms with van der Waals surface area (Å²) in [6, 6.07) is 14.1. The van der Waals surface area contributed by atoms with Crippen LogP contribution in [0.4, 0.5) is 36.3 Å². The lowest BCUT2D eigenvalue weighted by Crippen LogP contribution is -2.12. The minimum atomic E-state index is -4.60. The molecular weight excluding hydrogens is 381 g/mol. The molecule has 0 saturated carbocycles. The second-order valence-corrected chi connectivity index (χ2v) is 6.39. The number of para-hydroxylation sites is 1. The molecule has 0 spiro atoms. The van der Waals surface area contributed by atoms with Crippen molar-refractivity contribution >= 4 is 23.1 Å². The number of halogens is 3. The first-order chi connectivity index (χ1) is 13.9. The highest BCUT2D eigenvalue weighted by Gasteiger charge is 2.35. The molecule has 0 unspecified atom stereocenters. The van der Waals surface area contributed by atoms with Crippen molar-refractivity contribution in [3.05, 3.63) is 65.9 Å². The zero-order valence-corrected chi connectivity index (χ0v) is 16.0. The van der Waals surface area contributed by atoms with Gasteiger partial charge in [-0.3, -0.25) is 0 Å². The van der Waals surface area contributed by atoms with Crippen molar-refractivity contribution < 1.29 is 17.9 Å². The Morgan fingerprint density at radius 1 is 1.03 bits per heavy atom. The number of hydrogen-bond acceptors (Lipinski definition) is 5. The fourth-order valence-corrected chi connectivity index (χ4v) is 2.60. The fourth-order valence-electron chi connectivity index (χ4n) is 2.60. The summed E-state index contributed by atoms with van der Waals surface area (Å²) in [5.74, 6) is 0.294. The Hall–Kier alpha value is -3.29. The molecule has 5 nitrogen and oxygen atoms in total. The van der Waals surface area contributed by atoms with Gasteiger partial charge in [0.15, 0.2) is 0 Å². The summed E-state index contributed by atoms with van der Waals surface area (Å²) in [4.78, 5) is 7.90. The van der Waals surface area contributed by atoms with Gasteiger partial charge in [0.2, 0.25) is 5.95 Å². The maximum Gasteiger partial charge on any atom is 0.421 e. The van der Waals surface area contributed by atoms with Crippen LogP contribution in [0.5, 0.6) is 5.75 Å². The molecule has 0 aliphatic heterocycles. The van der Waals surface area contributed by atoms with E-state index in [4.69, 9.17) is 4.74 Å². The van der Waals surface area contributed by atoms with E-state index in [1.807, 2.05) is 32.0 Å². The Labute approximate surface area is 167 Å². The van der Waals surface area contributed by atoms with Crippen LogP contribution < -0.4 is 15.4 Å². The summed E-state index contributed by atoms with van der Waals surface area (Å²) in [6.07, 6.45) is -3.00. The van der Waals surface area contributed by atoms with E-state index in [9.17, 15) is 13.2 Å². The molecule has 0 radical (unpaired) electrons. The second kappa shape index (κ2) is 8.81. The molecule has 2 aromatic carbocycles. The summed E-state index contributed by atoms with van der Waals surface area (Å²) in [5, 5.41) is 5.71. The topological polar surface area (TPSA) is 59.1 Å². The molecule has 152 valence electrons. The monoisotopic (exact) mass is 402 g/mol. The van der Waals surface area contributed by atoms with E-state index in [0.717, 1.165) is 18.2 Å². The van der Waals surface area contributed by atoms with Crippen molar-refractivity contribution in [3.63, 3.8) is 0 Å². The molecule has 0 bridgehead atoms. The Morgan fingerprint density at radius 3 is 2.55 bits per heavy atom. The van der Waals surface area contributed by atoms with Crippen LogP contribution in [-0.4, -0.2) is 16.6 Å². The summed E-state index contributed by atoms with van der Waals surface area (Å²) in [6.45, 7) is 4.38. The third kappa shape index (κ3) is 5.37. The molecule has 0 atom stereocenters. The van der Waals surface area contributed by atoms with Crippen molar-refractivity contribution in [1.29, 1.82) is 0 Å². The first kappa shape index (κ1) is 20.4. The number of benzene rings is 2. The van der Waals surface area contributed by atoms with Gasteiger partial charge in [-0.05, 0) is 37.1 Å². The second-order valence-electron chi connectivity index (χ2n) is 6.39. The predicted molar refractivity (Wildman–Crippen MR) is 107 cm³/mol. The summed E-state index contributed by atoms with van der Waals surface area (Å²) < 4.78 is 45.9. The number of nitrogens with zero attached hydrogens (tertiary/aromatic N) is 2. The highest BCUT2D eigenvalue weighted by molar-refractivity contribution is 5.64. The van der Waals surface area contributed by atoms with Crippen LogP contribution in [0.25, 0.3) is 0 Å². The summed E-state index contributed by atoms with van der Waals surface area (Å²) in [5.41, 5.74) is 1.12. The van der Waals surface area contributed by atoms with E-state index in [0.29, 0.717) is 23.7 Å². The lowest BCUT2D eigenvalue weighted by molar-refractivity contribution is -0.137. The van der Waals surface area contributed by atoms with Gasteiger partial charge in [-0.25, -0.2) is 4.98 Å². The van der Waals surface area contributed by atoms with Gasteiger partial charge in [0.1, 0.15) is 17.1 Å². The van der Waals surface area contributed by atoms with Crippen LogP contribution in [0.3, 0.4) is 0 Å². The molecule has 3 rings (SSSR count). The Balaban J connectivity index is 1.92. The zero-order chi connectivity index (χ0) is 20.9. The smallest absolute Gasteiger partial charge is 0.421 e. The standard InChI is InChI=1S/C21H21F3N4O/c1-3-11-29-16-9-6-8-15(12-16)26-19-17(21(22,23)24)13-25-20(28-19)27-18-10-5-4-7-14(18)2/h4-10,12-13H,3,11H2,1-2H3,(H2,25,26,27,28). The fraction of sp³-hybridized carbons (Fsp3) is 0.238. The van der Waals surface area contributed by atoms with Crippen LogP contribution in [0.2, 0.25) is 0 Å². The SMILES string of the molecule is CCCOc1cccc(Nc2nc(Nc3ccccc3C)ncc2C(F)(F)F)c1. The average Bonchev–Trinajstić information content (AvgIpc) is 2.68. The number of anilines is 4. The highest BCUT2D eigenvalue weighted by atomic mass is 19.4. The third-order valence-electron chi connectivity index (χ3n) is 4.06. The number of rotatable bonds is 7. The van der Waals surface area contributed by atoms with Gasteiger partial charge >= 0.3 is 6.18 Å². The molecule has 2 N–H and O–H groups in total. The molecule has 8 heteroatoms.